The third kappa shape index (κ3) is 4.06. The van der Waals surface area contributed by atoms with Crippen molar-refractivity contribution in [1.29, 1.82) is 0 Å². The van der Waals surface area contributed by atoms with Crippen LogP contribution in [0.4, 0.5) is 4.39 Å². The molecular formula is C13H17Cl2FN2O. The maximum atomic E-state index is 13.4. The van der Waals surface area contributed by atoms with Crippen LogP contribution >= 0.6 is 23.2 Å². The molecule has 2 atom stereocenters. The van der Waals surface area contributed by atoms with Gasteiger partial charge in [-0.15, -0.1) is 0 Å². The maximum absolute atomic E-state index is 13.4. The largest absolute Gasteiger partial charge is 0.348 e. The molecule has 3 N–H and O–H groups in total. The number of halogens is 3. The van der Waals surface area contributed by atoms with Crippen LogP contribution in [0.25, 0.3) is 0 Å². The average Bonchev–Trinajstić information content (AvgIpc) is 2.32. The number of amides is 1. The Hall–Kier alpha value is -0.840. The maximum Gasteiger partial charge on any atom is 0.237 e. The molecule has 106 valence electrons. The molecule has 19 heavy (non-hydrogen) atoms. The summed E-state index contributed by atoms with van der Waals surface area (Å²) in [5.74, 6) is -0.853. The molecule has 1 rings (SSSR count). The first-order valence-electron chi connectivity index (χ1n) is 5.94. The molecule has 0 heterocycles. The van der Waals surface area contributed by atoms with Crippen molar-refractivity contribution in [2.75, 3.05) is 0 Å². The van der Waals surface area contributed by atoms with E-state index in [1.807, 2.05) is 13.8 Å². The zero-order chi connectivity index (χ0) is 14.7. The summed E-state index contributed by atoms with van der Waals surface area (Å²) in [5, 5.41) is 2.96. The molecule has 1 unspecified atom stereocenters. The van der Waals surface area contributed by atoms with Gasteiger partial charge < -0.3 is 11.1 Å². The van der Waals surface area contributed by atoms with Crippen LogP contribution in [0.2, 0.25) is 10.0 Å². The number of hydrogen-bond donors (Lipinski definition) is 2. The van der Waals surface area contributed by atoms with Crippen LogP contribution in [-0.4, -0.2) is 11.9 Å². The average molecular weight is 307 g/mol. The van der Waals surface area contributed by atoms with Crippen molar-refractivity contribution in [3.05, 3.63) is 33.6 Å². The second kappa shape index (κ2) is 6.55. The molecule has 0 saturated carbocycles. The van der Waals surface area contributed by atoms with E-state index in [0.29, 0.717) is 10.6 Å². The van der Waals surface area contributed by atoms with Crippen molar-refractivity contribution in [2.45, 2.75) is 32.9 Å². The molecule has 0 aromatic heterocycles. The second-order valence-electron chi connectivity index (χ2n) is 4.79. The molecule has 0 spiro atoms. The van der Waals surface area contributed by atoms with Crippen molar-refractivity contribution >= 4 is 29.1 Å². The highest BCUT2D eigenvalue weighted by molar-refractivity contribution is 6.35. The molecule has 0 aliphatic heterocycles. The standard InChI is InChI=1S/C13H17Cl2FN2O/c1-6(2)12(17)13(19)18-7(3)8-4-11(16)10(15)5-9(8)14/h4-7,12H,17H2,1-3H3,(H,18,19)/t7?,12-/m0/s1. The van der Waals surface area contributed by atoms with Gasteiger partial charge in [-0.3, -0.25) is 4.79 Å². The van der Waals surface area contributed by atoms with Crippen LogP contribution in [0.1, 0.15) is 32.4 Å². The molecule has 0 radical (unpaired) electrons. The van der Waals surface area contributed by atoms with E-state index >= 15 is 0 Å². The lowest BCUT2D eigenvalue weighted by molar-refractivity contribution is -0.123. The molecule has 6 heteroatoms. The van der Waals surface area contributed by atoms with Crippen molar-refractivity contribution < 1.29 is 9.18 Å². The lowest BCUT2D eigenvalue weighted by atomic mass is 10.0. The number of carbonyl (C=O) groups excluding carboxylic acids is 1. The Balaban J connectivity index is 2.87. The Labute approximate surface area is 122 Å². The van der Waals surface area contributed by atoms with Gasteiger partial charge in [0.2, 0.25) is 5.91 Å². The summed E-state index contributed by atoms with van der Waals surface area (Å²) < 4.78 is 13.4. The van der Waals surface area contributed by atoms with Crippen LogP contribution < -0.4 is 11.1 Å². The Kier molecular flexibility index (Phi) is 5.59. The van der Waals surface area contributed by atoms with Crippen LogP contribution in [0.5, 0.6) is 0 Å². The monoisotopic (exact) mass is 306 g/mol. The first-order chi connectivity index (χ1) is 8.73. The fraction of sp³-hybridized carbons (Fsp3) is 0.462. The highest BCUT2D eigenvalue weighted by Crippen LogP contribution is 2.28. The van der Waals surface area contributed by atoms with E-state index < -0.39 is 17.9 Å². The highest BCUT2D eigenvalue weighted by atomic mass is 35.5. The Bertz CT molecular complexity index is 480. The Morgan fingerprint density at radius 3 is 2.37 bits per heavy atom. The number of rotatable bonds is 4. The van der Waals surface area contributed by atoms with Gasteiger partial charge in [0.1, 0.15) is 5.82 Å². The van der Waals surface area contributed by atoms with Crippen LogP contribution in [0.15, 0.2) is 12.1 Å². The third-order valence-corrected chi connectivity index (χ3v) is 3.50. The minimum Gasteiger partial charge on any atom is -0.348 e. The molecule has 3 nitrogen and oxygen atoms in total. The predicted molar refractivity (Wildman–Crippen MR) is 75.8 cm³/mol. The topological polar surface area (TPSA) is 55.1 Å². The minimum atomic E-state index is -0.613. The highest BCUT2D eigenvalue weighted by Gasteiger charge is 2.21. The van der Waals surface area contributed by atoms with E-state index in [1.165, 1.54) is 12.1 Å². The zero-order valence-corrected chi connectivity index (χ0v) is 12.5. The Morgan fingerprint density at radius 2 is 1.84 bits per heavy atom. The summed E-state index contributed by atoms with van der Waals surface area (Å²) in [7, 11) is 0. The Morgan fingerprint density at radius 1 is 1.26 bits per heavy atom. The van der Waals surface area contributed by atoms with Crippen molar-refractivity contribution in [1.82, 2.24) is 5.32 Å². The van der Waals surface area contributed by atoms with E-state index in [1.54, 1.807) is 6.92 Å². The molecule has 1 amide bonds. The summed E-state index contributed by atoms with van der Waals surface area (Å²) >= 11 is 11.6. The van der Waals surface area contributed by atoms with Gasteiger partial charge in [-0.25, -0.2) is 4.39 Å². The normalized spacial score (nSPS) is 14.3. The zero-order valence-electron chi connectivity index (χ0n) is 11.0. The van der Waals surface area contributed by atoms with E-state index in [9.17, 15) is 9.18 Å². The fourth-order valence-electron chi connectivity index (χ4n) is 1.56. The van der Waals surface area contributed by atoms with Gasteiger partial charge in [0.15, 0.2) is 0 Å². The van der Waals surface area contributed by atoms with E-state index in [4.69, 9.17) is 28.9 Å². The number of benzene rings is 1. The van der Waals surface area contributed by atoms with Gasteiger partial charge in [0.05, 0.1) is 17.1 Å². The van der Waals surface area contributed by atoms with Gasteiger partial charge in [-0.2, -0.15) is 0 Å². The fourth-order valence-corrected chi connectivity index (χ4v) is 2.11. The number of hydrogen-bond acceptors (Lipinski definition) is 2. The third-order valence-electron chi connectivity index (χ3n) is 2.89. The molecule has 0 saturated heterocycles. The van der Waals surface area contributed by atoms with Gasteiger partial charge in [-0.1, -0.05) is 37.0 Å². The van der Waals surface area contributed by atoms with Crippen LogP contribution in [0, 0.1) is 11.7 Å². The first-order valence-corrected chi connectivity index (χ1v) is 6.70. The number of carbonyl (C=O) groups is 1. The van der Waals surface area contributed by atoms with Gasteiger partial charge >= 0.3 is 0 Å². The van der Waals surface area contributed by atoms with Crippen molar-refractivity contribution in [2.24, 2.45) is 11.7 Å². The predicted octanol–water partition coefficient (Wildman–Crippen LogP) is 3.29. The van der Waals surface area contributed by atoms with Crippen LogP contribution in [-0.2, 0) is 4.79 Å². The molecule has 0 fully saturated rings. The molecular weight excluding hydrogens is 290 g/mol. The SMILES string of the molecule is CC(NC(=O)[C@@H](N)C(C)C)c1cc(F)c(Cl)cc1Cl. The lowest BCUT2D eigenvalue weighted by Crippen LogP contribution is -2.44. The molecule has 0 bridgehead atoms. The van der Waals surface area contributed by atoms with Gasteiger partial charge in [-0.05, 0) is 30.5 Å². The molecule has 0 aliphatic rings. The molecule has 0 aliphatic carbocycles. The van der Waals surface area contributed by atoms with Crippen molar-refractivity contribution in [3.8, 4) is 0 Å². The number of nitrogens with one attached hydrogen (secondary N) is 1. The summed E-state index contributed by atoms with van der Waals surface area (Å²) in [4.78, 5) is 11.8. The molecule has 1 aromatic rings. The number of nitrogens with two attached hydrogens (primary N) is 1. The lowest BCUT2D eigenvalue weighted by Gasteiger charge is -2.20. The van der Waals surface area contributed by atoms with E-state index in [2.05, 4.69) is 5.32 Å². The van der Waals surface area contributed by atoms with Gasteiger partial charge in [0.25, 0.3) is 0 Å². The first kappa shape index (κ1) is 16.2. The van der Waals surface area contributed by atoms with Gasteiger partial charge in [0, 0.05) is 5.02 Å². The summed E-state index contributed by atoms with van der Waals surface area (Å²) in [6.07, 6.45) is 0. The minimum absolute atomic E-state index is 0.0182. The quantitative estimate of drug-likeness (QED) is 0.839. The van der Waals surface area contributed by atoms with E-state index in [0.717, 1.165) is 0 Å². The molecule has 1 aromatic carbocycles. The summed E-state index contributed by atoms with van der Waals surface area (Å²) in [6, 6.07) is 1.48. The van der Waals surface area contributed by atoms with E-state index in [-0.39, 0.29) is 16.8 Å². The summed E-state index contributed by atoms with van der Waals surface area (Å²) in [5.41, 5.74) is 6.20. The van der Waals surface area contributed by atoms with Crippen molar-refractivity contribution in [3.63, 3.8) is 0 Å². The smallest absolute Gasteiger partial charge is 0.237 e. The van der Waals surface area contributed by atoms with Crippen LogP contribution in [0.3, 0.4) is 0 Å². The second-order valence-corrected chi connectivity index (χ2v) is 5.60. The summed E-state index contributed by atoms with van der Waals surface area (Å²) in [6.45, 7) is 5.41.